The highest BCUT2D eigenvalue weighted by molar-refractivity contribution is 9.10. The molecule has 0 N–H and O–H groups in total. The Morgan fingerprint density at radius 2 is 2.31 bits per heavy atom. The molecule has 0 saturated heterocycles. The van der Waals surface area contributed by atoms with Crippen LogP contribution in [0.4, 0.5) is 0 Å². The second-order valence-corrected chi connectivity index (χ2v) is 4.77. The summed E-state index contributed by atoms with van der Waals surface area (Å²) in [6, 6.07) is 4.13. The van der Waals surface area contributed by atoms with Crippen molar-refractivity contribution < 1.29 is 4.74 Å². The van der Waals surface area contributed by atoms with E-state index in [9.17, 15) is 0 Å². The minimum atomic E-state index is 0.00403. The lowest BCUT2D eigenvalue weighted by Gasteiger charge is -2.10. The summed E-state index contributed by atoms with van der Waals surface area (Å²) in [6.07, 6.45) is 0.991. The number of alkyl halides is 1. The van der Waals surface area contributed by atoms with Crippen LogP contribution in [0.15, 0.2) is 16.6 Å². The maximum absolute atomic E-state index is 6.06. The minimum Gasteiger partial charge on any atom is -0.493 e. The van der Waals surface area contributed by atoms with Crippen LogP contribution in [0.25, 0.3) is 0 Å². The summed E-state index contributed by atoms with van der Waals surface area (Å²) in [5.41, 5.74) is 2.35. The van der Waals surface area contributed by atoms with Gasteiger partial charge in [-0.05, 0) is 24.6 Å². The fourth-order valence-corrected chi connectivity index (χ4v) is 2.28. The average Bonchev–Trinajstić information content (AvgIpc) is 2.49. The van der Waals surface area contributed by atoms with Crippen LogP contribution in [0.1, 0.15) is 23.4 Å². The normalized spacial score (nSPS) is 16.5. The highest BCUT2D eigenvalue weighted by atomic mass is 79.9. The molecule has 1 aliphatic rings. The van der Waals surface area contributed by atoms with Crippen LogP contribution in [0.2, 0.25) is 0 Å². The van der Waals surface area contributed by atoms with Crippen molar-refractivity contribution in [3.05, 3.63) is 27.7 Å². The highest BCUT2D eigenvalue weighted by Gasteiger charge is 2.19. The van der Waals surface area contributed by atoms with Crippen LogP contribution in [-0.4, -0.2) is 6.61 Å². The van der Waals surface area contributed by atoms with E-state index in [0.29, 0.717) is 0 Å². The molecular formula is C10H10BrClO. The summed E-state index contributed by atoms with van der Waals surface area (Å²) in [4.78, 5) is 0. The third-order valence-corrected chi connectivity index (χ3v) is 2.90. The van der Waals surface area contributed by atoms with E-state index in [1.807, 2.05) is 13.0 Å². The lowest BCUT2D eigenvalue weighted by molar-refractivity contribution is 0.353. The van der Waals surface area contributed by atoms with Gasteiger partial charge < -0.3 is 4.74 Å². The van der Waals surface area contributed by atoms with E-state index in [1.165, 1.54) is 5.56 Å². The number of hydrogen-bond acceptors (Lipinski definition) is 1. The molecule has 1 aliphatic heterocycles. The van der Waals surface area contributed by atoms with E-state index >= 15 is 0 Å². The predicted molar refractivity (Wildman–Crippen MR) is 57.6 cm³/mol. The molecule has 1 aromatic rings. The smallest absolute Gasteiger partial charge is 0.127 e. The third-order valence-electron chi connectivity index (χ3n) is 2.21. The van der Waals surface area contributed by atoms with Gasteiger partial charge in [-0.25, -0.2) is 0 Å². The van der Waals surface area contributed by atoms with Crippen LogP contribution in [0.5, 0.6) is 5.75 Å². The Labute approximate surface area is 91.2 Å². The Hall–Kier alpha value is -0.210. The van der Waals surface area contributed by atoms with E-state index in [0.717, 1.165) is 28.8 Å². The van der Waals surface area contributed by atoms with Crippen molar-refractivity contribution in [2.45, 2.75) is 18.7 Å². The zero-order valence-electron chi connectivity index (χ0n) is 7.31. The lowest BCUT2D eigenvalue weighted by Crippen LogP contribution is -1.92. The summed E-state index contributed by atoms with van der Waals surface area (Å²) in [6.45, 7) is 2.74. The van der Waals surface area contributed by atoms with Crippen molar-refractivity contribution in [3.63, 3.8) is 0 Å². The molecule has 1 aromatic carbocycles. The molecule has 70 valence electrons. The molecule has 1 nitrogen and oxygen atoms in total. The van der Waals surface area contributed by atoms with Gasteiger partial charge in [-0.2, -0.15) is 0 Å². The van der Waals surface area contributed by atoms with Gasteiger partial charge >= 0.3 is 0 Å². The molecule has 13 heavy (non-hydrogen) atoms. The van der Waals surface area contributed by atoms with Crippen LogP contribution < -0.4 is 4.74 Å². The first kappa shape index (κ1) is 9.35. The Balaban J connectivity index is 2.55. The maximum atomic E-state index is 6.06. The van der Waals surface area contributed by atoms with Crippen LogP contribution in [0.3, 0.4) is 0 Å². The first-order chi connectivity index (χ1) is 6.18. The van der Waals surface area contributed by atoms with Crippen molar-refractivity contribution in [2.75, 3.05) is 6.61 Å². The number of hydrogen-bond donors (Lipinski definition) is 0. The number of fused-ring (bicyclic) bond motifs is 1. The fourth-order valence-electron chi connectivity index (χ4n) is 1.59. The number of rotatable bonds is 1. The van der Waals surface area contributed by atoms with Crippen molar-refractivity contribution >= 4 is 27.5 Å². The molecule has 3 heteroatoms. The highest BCUT2D eigenvalue weighted by Crippen LogP contribution is 2.38. The molecular weight excluding hydrogens is 251 g/mol. The van der Waals surface area contributed by atoms with Crippen LogP contribution in [0, 0.1) is 0 Å². The molecule has 0 radical (unpaired) electrons. The first-order valence-corrected chi connectivity index (χ1v) is 5.50. The molecule has 0 aromatic heterocycles. The van der Waals surface area contributed by atoms with Gasteiger partial charge in [0.05, 0.1) is 12.0 Å². The molecule has 0 spiro atoms. The van der Waals surface area contributed by atoms with Crippen molar-refractivity contribution in [1.29, 1.82) is 0 Å². The molecule has 1 unspecified atom stereocenters. The van der Waals surface area contributed by atoms with Gasteiger partial charge in [0.15, 0.2) is 0 Å². The van der Waals surface area contributed by atoms with Crippen molar-refractivity contribution in [1.82, 2.24) is 0 Å². The predicted octanol–water partition coefficient (Wildman–Crippen LogP) is 3.68. The zero-order valence-corrected chi connectivity index (χ0v) is 9.65. The van der Waals surface area contributed by atoms with Gasteiger partial charge in [0.2, 0.25) is 0 Å². The second-order valence-electron chi connectivity index (χ2n) is 3.20. The summed E-state index contributed by atoms with van der Waals surface area (Å²) in [5.74, 6) is 0.991. The molecule has 0 bridgehead atoms. The Bertz CT molecular complexity index is 336. The van der Waals surface area contributed by atoms with Crippen molar-refractivity contribution in [3.8, 4) is 5.75 Å². The summed E-state index contributed by atoms with van der Waals surface area (Å²) in [5, 5.41) is 0.00403. The van der Waals surface area contributed by atoms with Crippen molar-refractivity contribution in [2.24, 2.45) is 0 Å². The molecule has 0 aliphatic carbocycles. The van der Waals surface area contributed by atoms with E-state index in [1.54, 1.807) is 0 Å². The van der Waals surface area contributed by atoms with Crippen LogP contribution in [-0.2, 0) is 6.42 Å². The molecule has 0 fully saturated rings. The van der Waals surface area contributed by atoms with E-state index < -0.39 is 0 Å². The lowest BCUT2D eigenvalue weighted by atomic mass is 10.1. The summed E-state index contributed by atoms with van der Waals surface area (Å²) < 4.78 is 6.62. The van der Waals surface area contributed by atoms with Gasteiger partial charge in [-0.1, -0.05) is 15.9 Å². The Morgan fingerprint density at radius 3 is 3.00 bits per heavy atom. The fraction of sp³-hybridized carbons (Fsp3) is 0.400. The van der Waals surface area contributed by atoms with E-state index in [2.05, 4.69) is 22.0 Å². The van der Waals surface area contributed by atoms with E-state index in [-0.39, 0.29) is 5.38 Å². The zero-order chi connectivity index (χ0) is 9.42. The summed E-state index contributed by atoms with van der Waals surface area (Å²) >= 11 is 9.53. The van der Waals surface area contributed by atoms with Gasteiger partial charge in [0, 0.05) is 16.5 Å². The monoisotopic (exact) mass is 260 g/mol. The molecule has 1 heterocycles. The van der Waals surface area contributed by atoms with Gasteiger partial charge in [0.1, 0.15) is 5.75 Å². The molecule has 1 atom stereocenters. The number of halogens is 2. The SMILES string of the molecule is CC(Cl)c1cc(Br)cc2c1OCC2. The number of ether oxygens (including phenoxy) is 1. The molecule has 0 amide bonds. The number of benzene rings is 1. The molecule has 2 rings (SSSR count). The van der Waals surface area contributed by atoms with Gasteiger partial charge in [-0.15, -0.1) is 11.6 Å². The Morgan fingerprint density at radius 1 is 1.54 bits per heavy atom. The second kappa shape index (κ2) is 3.50. The average molecular weight is 262 g/mol. The topological polar surface area (TPSA) is 9.23 Å². The van der Waals surface area contributed by atoms with Gasteiger partial charge in [0.25, 0.3) is 0 Å². The summed E-state index contributed by atoms with van der Waals surface area (Å²) in [7, 11) is 0. The van der Waals surface area contributed by atoms with E-state index in [4.69, 9.17) is 16.3 Å². The van der Waals surface area contributed by atoms with Crippen LogP contribution >= 0.6 is 27.5 Å². The first-order valence-electron chi connectivity index (χ1n) is 4.27. The quantitative estimate of drug-likeness (QED) is 0.701. The maximum Gasteiger partial charge on any atom is 0.127 e. The minimum absolute atomic E-state index is 0.00403. The standard InChI is InChI=1S/C10H10BrClO/c1-6(12)9-5-8(11)4-7-2-3-13-10(7)9/h4-6H,2-3H2,1H3. The Kier molecular flexibility index (Phi) is 2.52. The molecule has 0 saturated carbocycles. The van der Waals surface area contributed by atoms with Gasteiger partial charge in [-0.3, -0.25) is 0 Å². The third kappa shape index (κ3) is 1.70. The largest absolute Gasteiger partial charge is 0.493 e.